The standard InChI is InChI=1S/C12H16N2O/c1-9-7-11(12(15-2)8-13-9)14-10-5-3-4-6-10/h3-4,7-8,10H,5-6H2,1-2H3,(H,13,14). The zero-order valence-electron chi connectivity index (χ0n) is 9.16. The van der Waals surface area contributed by atoms with Gasteiger partial charge in [-0.3, -0.25) is 4.98 Å². The zero-order valence-corrected chi connectivity index (χ0v) is 9.16. The van der Waals surface area contributed by atoms with Gasteiger partial charge >= 0.3 is 0 Å². The first-order valence-corrected chi connectivity index (χ1v) is 5.22. The quantitative estimate of drug-likeness (QED) is 0.768. The van der Waals surface area contributed by atoms with Crippen molar-refractivity contribution >= 4 is 5.69 Å². The molecule has 0 amide bonds. The highest BCUT2D eigenvalue weighted by Crippen LogP contribution is 2.26. The van der Waals surface area contributed by atoms with Crippen molar-refractivity contribution in [3.63, 3.8) is 0 Å². The third-order valence-corrected chi connectivity index (χ3v) is 2.59. The molecule has 15 heavy (non-hydrogen) atoms. The van der Waals surface area contributed by atoms with Gasteiger partial charge in [-0.1, -0.05) is 12.2 Å². The summed E-state index contributed by atoms with van der Waals surface area (Å²) in [5, 5.41) is 3.47. The van der Waals surface area contributed by atoms with Crippen LogP contribution in [0.4, 0.5) is 5.69 Å². The maximum absolute atomic E-state index is 5.27. The molecular weight excluding hydrogens is 188 g/mol. The van der Waals surface area contributed by atoms with Gasteiger partial charge in [-0.25, -0.2) is 0 Å². The number of methoxy groups -OCH3 is 1. The Morgan fingerprint density at radius 1 is 1.40 bits per heavy atom. The van der Waals surface area contributed by atoms with Crippen LogP contribution in [-0.4, -0.2) is 18.1 Å². The first-order valence-electron chi connectivity index (χ1n) is 5.22. The van der Waals surface area contributed by atoms with E-state index in [0.717, 1.165) is 30.0 Å². The van der Waals surface area contributed by atoms with Gasteiger partial charge in [0.2, 0.25) is 0 Å². The van der Waals surface area contributed by atoms with Gasteiger partial charge in [-0.15, -0.1) is 0 Å². The van der Waals surface area contributed by atoms with Crippen LogP contribution in [0.1, 0.15) is 18.5 Å². The van der Waals surface area contributed by atoms with Gasteiger partial charge in [0.05, 0.1) is 19.0 Å². The number of anilines is 1. The Morgan fingerprint density at radius 2 is 2.13 bits per heavy atom. The Morgan fingerprint density at radius 3 is 2.80 bits per heavy atom. The Labute approximate surface area is 90.2 Å². The highest BCUT2D eigenvalue weighted by molar-refractivity contribution is 5.56. The smallest absolute Gasteiger partial charge is 0.160 e. The van der Waals surface area contributed by atoms with E-state index in [1.165, 1.54) is 0 Å². The van der Waals surface area contributed by atoms with Crippen molar-refractivity contribution in [2.75, 3.05) is 12.4 Å². The molecule has 1 aromatic heterocycles. The van der Waals surface area contributed by atoms with Crippen molar-refractivity contribution in [2.45, 2.75) is 25.8 Å². The molecule has 0 aromatic carbocycles. The van der Waals surface area contributed by atoms with Crippen LogP contribution < -0.4 is 10.1 Å². The molecule has 0 unspecified atom stereocenters. The van der Waals surface area contributed by atoms with E-state index in [0.29, 0.717) is 6.04 Å². The predicted octanol–water partition coefficient (Wildman–Crippen LogP) is 2.53. The molecule has 1 aliphatic rings. The van der Waals surface area contributed by atoms with Crippen LogP contribution in [0.3, 0.4) is 0 Å². The molecule has 80 valence electrons. The van der Waals surface area contributed by atoms with Crippen molar-refractivity contribution in [2.24, 2.45) is 0 Å². The minimum absolute atomic E-state index is 0.501. The Hall–Kier alpha value is -1.51. The molecule has 0 bridgehead atoms. The van der Waals surface area contributed by atoms with Crippen LogP contribution in [-0.2, 0) is 0 Å². The summed E-state index contributed by atoms with van der Waals surface area (Å²) in [6.07, 6.45) is 8.35. The summed E-state index contributed by atoms with van der Waals surface area (Å²) in [6.45, 7) is 1.98. The Balaban J connectivity index is 2.14. The fourth-order valence-corrected chi connectivity index (χ4v) is 1.78. The van der Waals surface area contributed by atoms with Crippen molar-refractivity contribution < 1.29 is 4.74 Å². The Kier molecular flexibility index (Phi) is 2.90. The zero-order chi connectivity index (χ0) is 10.7. The number of aromatic nitrogens is 1. The van der Waals surface area contributed by atoms with E-state index >= 15 is 0 Å². The molecule has 0 radical (unpaired) electrons. The number of aryl methyl sites for hydroxylation is 1. The van der Waals surface area contributed by atoms with Gasteiger partial charge in [0, 0.05) is 11.7 Å². The third-order valence-electron chi connectivity index (χ3n) is 2.59. The molecule has 3 heteroatoms. The minimum atomic E-state index is 0.501. The molecule has 1 aromatic rings. The lowest BCUT2D eigenvalue weighted by atomic mass is 10.2. The Bertz CT molecular complexity index is 366. The van der Waals surface area contributed by atoms with Crippen molar-refractivity contribution in [1.82, 2.24) is 4.98 Å². The number of hydrogen-bond acceptors (Lipinski definition) is 3. The number of nitrogens with one attached hydrogen (secondary N) is 1. The van der Waals surface area contributed by atoms with E-state index in [4.69, 9.17) is 4.74 Å². The predicted molar refractivity (Wildman–Crippen MR) is 61.3 cm³/mol. The maximum Gasteiger partial charge on any atom is 0.160 e. The highest BCUT2D eigenvalue weighted by Gasteiger charge is 2.12. The molecule has 0 saturated heterocycles. The van der Waals surface area contributed by atoms with E-state index in [-0.39, 0.29) is 0 Å². The lowest BCUT2D eigenvalue weighted by Crippen LogP contribution is -2.15. The molecule has 2 rings (SSSR count). The number of ether oxygens (including phenoxy) is 1. The van der Waals surface area contributed by atoms with Crippen LogP contribution in [0.5, 0.6) is 5.75 Å². The molecule has 0 saturated carbocycles. The van der Waals surface area contributed by atoms with E-state index in [9.17, 15) is 0 Å². The first-order chi connectivity index (χ1) is 7.29. The largest absolute Gasteiger partial charge is 0.493 e. The van der Waals surface area contributed by atoms with E-state index < -0.39 is 0 Å². The molecule has 3 nitrogen and oxygen atoms in total. The fraction of sp³-hybridized carbons (Fsp3) is 0.417. The van der Waals surface area contributed by atoms with Gasteiger partial charge < -0.3 is 10.1 Å². The van der Waals surface area contributed by atoms with Crippen LogP contribution >= 0.6 is 0 Å². The molecular formula is C12H16N2O. The lowest BCUT2D eigenvalue weighted by molar-refractivity contribution is 0.414. The van der Waals surface area contributed by atoms with Crippen molar-refractivity contribution in [1.29, 1.82) is 0 Å². The summed E-state index contributed by atoms with van der Waals surface area (Å²) >= 11 is 0. The summed E-state index contributed by atoms with van der Waals surface area (Å²) in [5.74, 6) is 0.813. The van der Waals surface area contributed by atoms with E-state index in [1.807, 2.05) is 13.0 Å². The molecule has 0 fully saturated rings. The third kappa shape index (κ3) is 2.29. The topological polar surface area (TPSA) is 34.1 Å². The second-order valence-electron chi connectivity index (χ2n) is 3.81. The molecule has 1 aliphatic carbocycles. The molecule has 0 aliphatic heterocycles. The van der Waals surface area contributed by atoms with E-state index in [2.05, 4.69) is 22.5 Å². The average Bonchev–Trinajstić information content (AvgIpc) is 2.71. The number of hydrogen-bond donors (Lipinski definition) is 1. The monoisotopic (exact) mass is 204 g/mol. The van der Waals surface area contributed by atoms with Crippen LogP contribution in [0.2, 0.25) is 0 Å². The second kappa shape index (κ2) is 4.34. The summed E-state index contributed by atoms with van der Waals surface area (Å²) in [7, 11) is 1.67. The lowest BCUT2D eigenvalue weighted by Gasteiger charge is -2.16. The number of rotatable bonds is 3. The summed E-state index contributed by atoms with van der Waals surface area (Å²) in [5.41, 5.74) is 2.04. The molecule has 0 spiro atoms. The van der Waals surface area contributed by atoms with Crippen LogP contribution in [0.25, 0.3) is 0 Å². The average molecular weight is 204 g/mol. The summed E-state index contributed by atoms with van der Waals surface area (Å²) in [6, 6.07) is 2.53. The SMILES string of the molecule is COc1cnc(C)cc1NC1CC=CC1. The van der Waals surface area contributed by atoms with E-state index in [1.54, 1.807) is 13.3 Å². The van der Waals surface area contributed by atoms with Gasteiger partial charge in [0.25, 0.3) is 0 Å². The van der Waals surface area contributed by atoms with Crippen molar-refractivity contribution in [3.8, 4) is 5.75 Å². The molecule has 1 N–H and O–H groups in total. The van der Waals surface area contributed by atoms with Crippen molar-refractivity contribution in [3.05, 3.63) is 30.1 Å². The second-order valence-corrected chi connectivity index (χ2v) is 3.81. The van der Waals surface area contributed by atoms with Crippen LogP contribution in [0.15, 0.2) is 24.4 Å². The van der Waals surface area contributed by atoms with Gasteiger partial charge in [0.1, 0.15) is 0 Å². The van der Waals surface area contributed by atoms with Gasteiger partial charge in [-0.05, 0) is 25.8 Å². The number of nitrogens with zero attached hydrogens (tertiary/aromatic N) is 1. The van der Waals surface area contributed by atoms with Crippen LogP contribution in [0, 0.1) is 6.92 Å². The molecule has 1 heterocycles. The highest BCUT2D eigenvalue weighted by atomic mass is 16.5. The normalized spacial score (nSPS) is 15.6. The number of pyridine rings is 1. The maximum atomic E-state index is 5.27. The fourth-order valence-electron chi connectivity index (χ4n) is 1.78. The minimum Gasteiger partial charge on any atom is -0.493 e. The van der Waals surface area contributed by atoms with Gasteiger partial charge in [0.15, 0.2) is 5.75 Å². The van der Waals surface area contributed by atoms with Gasteiger partial charge in [-0.2, -0.15) is 0 Å². The summed E-state index contributed by atoms with van der Waals surface area (Å²) in [4.78, 5) is 4.20. The molecule has 0 atom stereocenters. The summed E-state index contributed by atoms with van der Waals surface area (Å²) < 4.78 is 5.27. The first kappa shape index (κ1) is 10.0.